The second kappa shape index (κ2) is 5.79. The van der Waals surface area contributed by atoms with Crippen LogP contribution in [0.5, 0.6) is 5.75 Å². The van der Waals surface area contributed by atoms with E-state index in [2.05, 4.69) is 4.98 Å². The number of fused-ring (bicyclic) bond motifs is 1. The zero-order valence-corrected chi connectivity index (χ0v) is 12.1. The molecule has 0 spiro atoms. The van der Waals surface area contributed by atoms with Gasteiger partial charge in [0.15, 0.2) is 5.30 Å². The van der Waals surface area contributed by atoms with Crippen LogP contribution in [0.2, 0.25) is 0 Å². The van der Waals surface area contributed by atoms with Crippen molar-refractivity contribution in [2.24, 2.45) is 0 Å². The summed E-state index contributed by atoms with van der Waals surface area (Å²) in [6.07, 6.45) is 0. The number of hydrogen-bond acceptors (Lipinski definition) is 5. The molecule has 108 valence electrons. The first-order valence-electron chi connectivity index (χ1n) is 6.27. The lowest BCUT2D eigenvalue weighted by Gasteiger charge is -2.17. The largest absolute Gasteiger partial charge is 0.506 e. The smallest absolute Gasteiger partial charge is 0.370 e. The fourth-order valence-corrected chi connectivity index (χ4v) is 3.67. The molecule has 0 aliphatic heterocycles. The van der Waals surface area contributed by atoms with Crippen LogP contribution in [0.15, 0.2) is 29.1 Å². The normalized spacial score (nSPS) is 11.9. The van der Waals surface area contributed by atoms with E-state index < -0.39 is 13.2 Å². The van der Waals surface area contributed by atoms with Gasteiger partial charge in [-0.3, -0.25) is 9.36 Å². The van der Waals surface area contributed by atoms with Crippen LogP contribution in [0, 0.1) is 0 Å². The molecule has 0 unspecified atom stereocenters. The molecule has 6 nitrogen and oxygen atoms in total. The van der Waals surface area contributed by atoms with Crippen molar-refractivity contribution in [2.45, 2.75) is 13.8 Å². The van der Waals surface area contributed by atoms with E-state index in [-0.39, 0.29) is 24.3 Å². The molecule has 2 N–H and O–H groups in total. The first kappa shape index (κ1) is 14.8. The van der Waals surface area contributed by atoms with Gasteiger partial charge in [-0.25, -0.2) is 0 Å². The molecule has 0 fully saturated rings. The lowest BCUT2D eigenvalue weighted by Crippen LogP contribution is -2.29. The van der Waals surface area contributed by atoms with E-state index in [0.717, 1.165) is 0 Å². The number of pyridine rings is 1. The van der Waals surface area contributed by atoms with Crippen LogP contribution in [0.25, 0.3) is 10.9 Å². The number of hydrogen-bond donors (Lipinski definition) is 2. The molecule has 0 atom stereocenters. The molecule has 0 radical (unpaired) electrons. The molecular weight excluding hydrogens is 281 g/mol. The van der Waals surface area contributed by atoms with Gasteiger partial charge in [0.25, 0.3) is 5.56 Å². The summed E-state index contributed by atoms with van der Waals surface area (Å²) >= 11 is 0. The van der Waals surface area contributed by atoms with Crippen LogP contribution in [0.4, 0.5) is 0 Å². The third-order valence-corrected chi connectivity index (χ3v) is 4.90. The number of para-hydroxylation sites is 1. The van der Waals surface area contributed by atoms with Crippen molar-refractivity contribution in [1.29, 1.82) is 0 Å². The van der Waals surface area contributed by atoms with Gasteiger partial charge in [0.2, 0.25) is 0 Å². The van der Waals surface area contributed by atoms with Crippen LogP contribution in [-0.4, -0.2) is 23.3 Å². The minimum Gasteiger partial charge on any atom is -0.506 e. The predicted molar refractivity (Wildman–Crippen MR) is 76.7 cm³/mol. The number of H-pyrrole nitrogens is 1. The van der Waals surface area contributed by atoms with Crippen molar-refractivity contribution in [3.8, 4) is 5.75 Å². The Hall–Kier alpha value is -1.62. The Morgan fingerprint density at radius 2 is 1.80 bits per heavy atom. The molecule has 0 saturated carbocycles. The minimum absolute atomic E-state index is 0.100. The van der Waals surface area contributed by atoms with E-state index in [1.54, 1.807) is 38.1 Å². The van der Waals surface area contributed by atoms with E-state index in [4.69, 9.17) is 9.05 Å². The van der Waals surface area contributed by atoms with Gasteiger partial charge in [-0.15, -0.1) is 0 Å². The Labute approximate surface area is 115 Å². The highest BCUT2D eigenvalue weighted by atomic mass is 31.2. The number of nitrogens with one attached hydrogen (secondary N) is 1. The quantitative estimate of drug-likeness (QED) is 0.825. The zero-order chi connectivity index (χ0) is 14.8. The number of aromatic amines is 1. The summed E-state index contributed by atoms with van der Waals surface area (Å²) in [4.78, 5) is 14.7. The highest BCUT2D eigenvalue weighted by Gasteiger charge is 2.34. The number of aromatic nitrogens is 1. The first-order chi connectivity index (χ1) is 9.53. The standard InChI is InChI=1S/C13H16NO5P/c1-3-18-20(17,19-4-2)12-11(15)9-7-5-6-8-10(9)14-13(12)16/h5-8H,3-4H2,1-2H3,(H2,14,15,16). The van der Waals surface area contributed by atoms with Crippen LogP contribution in [0.1, 0.15) is 13.8 Å². The lowest BCUT2D eigenvalue weighted by atomic mass is 10.2. The molecule has 1 heterocycles. The summed E-state index contributed by atoms with van der Waals surface area (Å²) in [5, 5.41) is 10.3. The van der Waals surface area contributed by atoms with Gasteiger partial charge in [-0.2, -0.15) is 0 Å². The minimum atomic E-state index is -3.85. The highest BCUT2D eigenvalue weighted by Crippen LogP contribution is 2.48. The van der Waals surface area contributed by atoms with Crippen molar-refractivity contribution < 1.29 is 18.7 Å². The third kappa shape index (κ3) is 2.50. The molecule has 0 aliphatic rings. The second-order valence-corrected chi connectivity index (χ2v) is 5.99. The van der Waals surface area contributed by atoms with Gasteiger partial charge in [0.1, 0.15) is 5.75 Å². The zero-order valence-electron chi connectivity index (χ0n) is 11.3. The summed E-state index contributed by atoms with van der Waals surface area (Å²) in [7, 11) is -3.85. The van der Waals surface area contributed by atoms with Crippen molar-refractivity contribution in [3.63, 3.8) is 0 Å². The van der Waals surface area contributed by atoms with Crippen LogP contribution < -0.4 is 10.9 Å². The van der Waals surface area contributed by atoms with Crippen molar-refractivity contribution in [2.75, 3.05) is 13.2 Å². The Morgan fingerprint density at radius 1 is 1.20 bits per heavy atom. The molecule has 7 heteroatoms. The maximum Gasteiger partial charge on any atom is 0.370 e. The highest BCUT2D eigenvalue weighted by molar-refractivity contribution is 7.62. The summed E-state index contributed by atoms with van der Waals surface area (Å²) in [5.41, 5.74) is -0.218. The fourth-order valence-electron chi connectivity index (χ4n) is 1.98. The molecule has 1 aromatic heterocycles. The molecule has 20 heavy (non-hydrogen) atoms. The number of rotatable bonds is 5. The van der Waals surface area contributed by atoms with Gasteiger partial charge >= 0.3 is 7.60 Å². The molecule has 0 saturated heterocycles. The van der Waals surface area contributed by atoms with E-state index in [0.29, 0.717) is 10.9 Å². The summed E-state index contributed by atoms with van der Waals surface area (Å²) in [6, 6.07) is 6.69. The molecule has 0 aliphatic carbocycles. The van der Waals surface area contributed by atoms with E-state index >= 15 is 0 Å². The average molecular weight is 297 g/mol. The summed E-state index contributed by atoms with van der Waals surface area (Å²) in [5.74, 6) is -0.366. The predicted octanol–water partition coefficient (Wildman–Crippen LogP) is 2.13. The molecular formula is C13H16NO5P. The van der Waals surface area contributed by atoms with Crippen LogP contribution in [0.3, 0.4) is 0 Å². The summed E-state index contributed by atoms with van der Waals surface area (Å²) < 4.78 is 22.9. The van der Waals surface area contributed by atoms with E-state index in [1.807, 2.05) is 0 Å². The number of benzene rings is 1. The molecule has 0 bridgehead atoms. The molecule has 1 aromatic carbocycles. The molecule has 0 amide bonds. The van der Waals surface area contributed by atoms with Crippen LogP contribution >= 0.6 is 7.60 Å². The second-order valence-electron chi connectivity index (χ2n) is 4.03. The summed E-state index contributed by atoms with van der Waals surface area (Å²) in [6.45, 7) is 3.47. The Balaban J connectivity index is 2.76. The topological polar surface area (TPSA) is 88.6 Å². The van der Waals surface area contributed by atoms with Gasteiger partial charge in [-0.1, -0.05) is 12.1 Å². The maximum absolute atomic E-state index is 12.7. The van der Waals surface area contributed by atoms with Gasteiger partial charge in [0, 0.05) is 5.39 Å². The average Bonchev–Trinajstić information content (AvgIpc) is 2.39. The Kier molecular flexibility index (Phi) is 4.28. The Morgan fingerprint density at radius 3 is 2.40 bits per heavy atom. The molecule has 2 aromatic rings. The van der Waals surface area contributed by atoms with E-state index in [1.165, 1.54) is 0 Å². The Bertz CT molecular complexity index is 714. The molecule has 2 rings (SSSR count). The van der Waals surface area contributed by atoms with Crippen LogP contribution in [-0.2, 0) is 13.6 Å². The fraction of sp³-hybridized carbons (Fsp3) is 0.308. The van der Waals surface area contributed by atoms with Gasteiger partial charge in [0.05, 0.1) is 18.7 Å². The van der Waals surface area contributed by atoms with E-state index in [9.17, 15) is 14.5 Å². The third-order valence-electron chi connectivity index (χ3n) is 2.74. The van der Waals surface area contributed by atoms with Crippen molar-refractivity contribution in [1.82, 2.24) is 4.98 Å². The SMILES string of the molecule is CCOP(=O)(OCC)c1c(O)c2ccccc2[nH]c1=O. The van der Waals surface area contributed by atoms with Gasteiger partial charge in [-0.05, 0) is 26.0 Å². The monoisotopic (exact) mass is 297 g/mol. The van der Waals surface area contributed by atoms with Crippen molar-refractivity contribution in [3.05, 3.63) is 34.6 Å². The first-order valence-corrected chi connectivity index (χ1v) is 7.81. The van der Waals surface area contributed by atoms with Gasteiger partial charge < -0.3 is 19.1 Å². The lowest BCUT2D eigenvalue weighted by molar-refractivity contribution is 0.229. The number of aromatic hydroxyl groups is 1. The van der Waals surface area contributed by atoms with Crippen molar-refractivity contribution >= 4 is 23.8 Å². The maximum atomic E-state index is 12.7.